The number of thiocarbonyl (C=S) groups is 1. The minimum absolute atomic E-state index is 0.174. The van der Waals surface area contributed by atoms with Crippen molar-refractivity contribution in [1.82, 2.24) is 20.4 Å². The SMILES string of the molecule is COCCN1C(=S)NC(c2ccccc2)C(c2nc(-c3ccccc3)no2)=C1C. The molecule has 0 aliphatic carbocycles. The van der Waals surface area contributed by atoms with Gasteiger partial charge in [-0.1, -0.05) is 65.8 Å². The monoisotopic (exact) mass is 406 g/mol. The van der Waals surface area contributed by atoms with Crippen molar-refractivity contribution < 1.29 is 9.26 Å². The number of rotatable bonds is 6. The Balaban J connectivity index is 1.79. The molecular formula is C22H22N4O2S. The number of hydrogen-bond donors (Lipinski definition) is 1. The summed E-state index contributed by atoms with van der Waals surface area (Å²) in [6.45, 7) is 3.22. The fourth-order valence-electron chi connectivity index (χ4n) is 3.44. The van der Waals surface area contributed by atoms with Gasteiger partial charge in [-0.25, -0.2) is 0 Å². The standard InChI is InChI=1S/C22H22N4O2S/c1-15-18(21-24-20(25-28-21)17-11-7-4-8-12-17)19(16-9-5-3-6-10-16)23-22(29)26(15)13-14-27-2/h3-12,19H,13-14H2,1-2H3,(H,23,29). The second-order valence-corrected chi connectivity index (χ2v) is 7.11. The fourth-order valence-corrected chi connectivity index (χ4v) is 3.79. The lowest BCUT2D eigenvalue weighted by Gasteiger charge is -2.37. The van der Waals surface area contributed by atoms with E-state index in [9.17, 15) is 0 Å². The number of ether oxygens (including phenoxy) is 1. The molecule has 1 atom stereocenters. The molecular weight excluding hydrogens is 384 g/mol. The van der Waals surface area contributed by atoms with Crippen LogP contribution in [0.25, 0.3) is 17.0 Å². The maximum absolute atomic E-state index is 5.71. The van der Waals surface area contributed by atoms with E-state index < -0.39 is 0 Å². The van der Waals surface area contributed by atoms with E-state index in [0.29, 0.717) is 30.0 Å². The molecule has 2 aromatic carbocycles. The van der Waals surface area contributed by atoms with E-state index in [1.807, 2.05) is 60.4 Å². The number of allylic oxidation sites excluding steroid dienone is 1. The molecule has 6 nitrogen and oxygen atoms in total. The minimum Gasteiger partial charge on any atom is -0.383 e. The molecule has 0 fully saturated rings. The van der Waals surface area contributed by atoms with E-state index in [-0.39, 0.29) is 6.04 Å². The average molecular weight is 407 g/mol. The van der Waals surface area contributed by atoms with Crippen LogP contribution < -0.4 is 5.32 Å². The zero-order valence-electron chi connectivity index (χ0n) is 16.3. The van der Waals surface area contributed by atoms with Gasteiger partial charge in [0.15, 0.2) is 5.11 Å². The molecule has 0 saturated carbocycles. The van der Waals surface area contributed by atoms with Gasteiger partial charge in [-0.15, -0.1) is 0 Å². The van der Waals surface area contributed by atoms with E-state index in [0.717, 1.165) is 22.4 Å². The number of nitrogens with zero attached hydrogens (tertiary/aromatic N) is 3. The van der Waals surface area contributed by atoms with Crippen molar-refractivity contribution in [2.45, 2.75) is 13.0 Å². The summed E-state index contributed by atoms with van der Waals surface area (Å²) in [4.78, 5) is 6.71. The zero-order chi connectivity index (χ0) is 20.2. The summed E-state index contributed by atoms with van der Waals surface area (Å²) in [5.41, 5.74) is 3.88. The number of aromatic nitrogens is 2. The molecule has 0 saturated heterocycles. The van der Waals surface area contributed by atoms with E-state index in [1.165, 1.54) is 0 Å². The predicted octanol–water partition coefficient (Wildman–Crippen LogP) is 4.05. The van der Waals surface area contributed by atoms with Crippen LogP contribution in [-0.2, 0) is 4.74 Å². The summed E-state index contributed by atoms with van der Waals surface area (Å²) in [6.07, 6.45) is 0. The summed E-state index contributed by atoms with van der Waals surface area (Å²) in [7, 11) is 1.68. The lowest BCUT2D eigenvalue weighted by atomic mass is 9.95. The van der Waals surface area contributed by atoms with Gasteiger partial charge in [-0.3, -0.25) is 0 Å². The van der Waals surface area contributed by atoms with Gasteiger partial charge < -0.3 is 19.5 Å². The maximum Gasteiger partial charge on any atom is 0.258 e. The second kappa shape index (κ2) is 8.55. The molecule has 1 aromatic heterocycles. The molecule has 7 heteroatoms. The molecule has 148 valence electrons. The predicted molar refractivity (Wildman–Crippen MR) is 116 cm³/mol. The van der Waals surface area contributed by atoms with Crippen molar-refractivity contribution in [1.29, 1.82) is 0 Å². The van der Waals surface area contributed by atoms with Gasteiger partial charge in [-0.2, -0.15) is 4.98 Å². The van der Waals surface area contributed by atoms with Crippen LogP contribution >= 0.6 is 12.2 Å². The van der Waals surface area contributed by atoms with Gasteiger partial charge in [0.2, 0.25) is 5.82 Å². The Bertz CT molecular complexity index is 1020. The maximum atomic E-state index is 5.71. The van der Waals surface area contributed by atoms with Crippen LogP contribution in [0.2, 0.25) is 0 Å². The number of methoxy groups -OCH3 is 1. The molecule has 2 heterocycles. The first-order valence-corrected chi connectivity index (χ1v) is 9.82. The molecule has 1 aliphatic heterocycles. The van der Waals surface area contributed by atoms with Crippen molar-refractivity contribution in [3.63, 3.8) is 0 Å². The Morgan fingerprint density at radius 2 is 1.79 bits per heavy atom. The van der Waals surface area contributed by atoms with Gasteiger partial charge >= 0.3 is 0 Å². The summed E-state index contributed by atoms with van der Waals surface area (Å²) >= 11 is 5.64. The first kappa shape index (κ1) is 19.3. The van der Waals surface area contributed by atoms with E-state index in [1.54, 1.807) is 7.11 Å². The Morgan fingerprint density at radius 3 is 2.48 bits per heavy atom. The minimum atomic E-state index is -0.174. The Morgan fingerprint density at radius 1 is 1.10 bits per heavy atom. The number of hydrogen-bond acceptors (Lipinski definition) is 5. The third kappa shape index (κ3) is 3.92. The largest absolute Gasteiger partial charge is 0.383 e. The normalized spacial score (nSPS) is 16.8. The molecule has 3 aromatic rings. The van der Waals surface area contributed by atoms with Crippen LogP contribution in [0, 0.1) is 0 Å². The topological polar surface area (TPSA) is 63.4 Å². The lowest BCUT2D eigenvalue weighted by Crippen LogP contribution is -2.47. The van der Waals surface area contributed by atoms with E-state index in [4.69, 9.17) is 26.5 Å². The quantitative estimate of drug-likeness (QED) is 0.620. The molecule has 1 unspecified atom stereocenters. The van der Waals surface area contributed by atoms with Crippen LogP contribution in [0.1, 0.15) is 24.4 Å². The average Bonchev–Trinajstić information content (AvgIpc) is 3.24. The lowest BCUT2D eigenvalue weighted by molar-refractivity contribution is 0.183. The summed E-state index contributed by atoms with van der Waals surface area (Å²) in [5, 5.41) is 8.29. The molecule has 4 rings (SSSR count). The van der Waals surface area contributed by atoms with Crippen LogP contribution in [0.3, 0.4) is 0 Å². The molecule has 0 bridgehead atoms. The Labute approximate surface area is 175 Å². The molecule has 29 heavy (non-hydrogen) atoms. The number of benzene rings is 2. The molecule has 0 radical (unpaired) electrons. The first-order chi connectivity index (χ1) is 14.2. The summed E-state index contributed by atoms with van der Waals surface area (Å²) < 4.78 is 11.0. The molecule has 1 N–H and O–H groups in total. The van der Waals surface area contributed by atoms with Gasteiger partial charge in [0.05, 0.1) is 18.2 Å². The fraction of sp³-hybridized carbons (Fsp3) is 0.227. The molecule has 1 aliphatic rings. The third-order valence-corrected chi connectivity index (χ3v) is 5.27. The summed E-state index contributed by atoms with van der Waals surface area (Å²) in [5.74, 6) is 1.04. The van der Waals surface area contributed by atoms with Gasteiger partial charge in [0, 0.05) is 24.9 Å². The van der Waals surface area contributed by atoms with Crippen molar-refractivity contribution in [2.75, 3.05) is 20.3 Å². The van der Waals surface area contributed by atoms with Gasteiger partial charge in [0.25, 0.3) is 5.89 Å². The van der Waals surface area contributed by atoms with Gasteiger partial charge in [-0.05, 0) is 24.7 Å². The van der Waals surface area contributed by atoms with Crippen molar-refractivity contribution in [3.8, 4) is 11.4 Å². The summed E-state index contributed by atoms with van der Waals surface area (Å²) in [6, 6.07) is 19.8. The highest BCUT2D eigenvalue weighted by atomic mass is 32.1. The second-order valence-electron chi connectivity index (χ2n) is 6.73. The molecule has 0 amide bonds. The Kier molecular flexibility index (Phi) is 5.69. The van der Waals surface area contributed by atoms with Crippen LogP contribution in [0.15, 0.2) is 70.9 Å². The smallest absolute Gasteiger partial charge is 0.258 e. The molecule has 0 spiro atoms. The van der Waals surface area contributed by atoms with Crippen LogP contribution in [-0.4, -0.2) is 40.4 Å². The first-order valence-electron chi connectivity index (χ1n) is 9.41. The highest BCUT2D eigenvalue weighted by Crippen LogP contribution is 2.37. The van der Waals surface area contributed by atoms with E-state index in [2.05, 4.69) is 22.6 Å². The van der Waals surface area contributed by atoms with Crippen molar-refractivity contribution in [3.05, 3.63) is 77.8 Å². The zero-order valence-corrected chi connectivity index (χ0v) is 17.1. The van der Waals surface area contributed by atoms with Crippen LogP contribution in [0.5, 0.6) is 0 Å². The van der Waals surface area contributed by atoms with Crippen molar-refractivity contribution in [2.24, 2.45) is 0 Å². The van der Waals surface area contributed by atoms with E-state index >= 15 is 0 Å². The number of nitrogens with one attached hydrogen (secondary N) is 1. The Hall–Kier alpha value is -3.03. The highest BCUT2D eigenvalue weighted by Gasteiger charge is 2.33. The van der Waals surface area contributed by atoms with Gasteiger partial charge in [0.1, 0.15) is 0 Å². The highest BCUT2D eigenvalue weighted by molar-refractivity contribution is 7.80. The van der Waals surface area contributed by atoms with Crippen molar-refractivity contribution >= 4 is 22.9 Å². The van der Waals surface area contributed by atoms with Crippen LogP contribution in [0.4, 0.5) is 0 Å². The third-order valence-electron chi connectivity index (χ3n) is 4.94.